The van der Waals surface area contributed by atoms with Gasteiger partial charge in [0, 0.05) is 23.6 Å². The smallest absolute Gasteiger partial charge is 0.127 e. The van der Waals surface area contributed by atoms with Gasteiger partial charge < -0.3 is 15.2 Å². The van der Waals surface area contributed by atoms with E-state index in [-0.39, 0.29) is 12.1 Å². The van der Waals surface area contributed by atoms with Crippen LogP contribution in [0.4, 0.5) is 0 Å². The number of halogens is 1. The van der Waals surface area contributed by atoms with Crippen LogP contribution in [0.15, 0.2) is 12.1 Å². The molecule has 3 nitrogen and oxygen atoms in total. The first-order valence-corrected chi connectivity index (χ1v) is 6.87. The van der Waals surface area contributed by atoms with Crippen LogP contribution in [0.1, 0.15) is 30.5 Å². The number of rotatable bonds is 2. The summed E-state index contributed by atoms with van der Waals surface area (Å²) < 4.78 is 11.5. The zero-order valence-corrected chi connectivity index (χ0v) is 11.2. The van der Waals surface area contributed by atoms with Crippen LogP contribution in [0.5, 0.6) is 5.75 Å². The molecule has 18 heavy (non-hydrogen) atoms. The molecule has 0 bridgehead atoms. The first kappa shape index (κ1) is 12.3. The lowest BCUT2D eigenvalue weighted by atomic mass is 9.91. The molecule has 1 aromatic rings. The highest BCUT2D eigenvalue weighted by atomic mass is 35.5. The minimum absolute atomic E-state index is 0.0665. The average molecular weight is 268 g/mol. The molecule has 4 heteroatoms. The Bertz CT molecular complexity index is 463. The summed E-state index contributed by atoms with van der Waals surface area (Å²) in [5, 5.41) is 0.732. The minimum atomic E-state index is -0.159. The van der Waals surface area contributed by atoms with Gasteiger partial charge in [0.25, 0.3) is 0 Å². The minimum Gasteiger partial charge on any atom is -0.493 e. The molecule has 98 valence electrons. The summed E-state index contributed by atoms with van der Waals surface area (Å²) >= 11 is 6.16. The molecule has 2 aliphatic heterocycles. The molecule has 2 aliphatic rings. The Morgan fingerprint density at radius 1 is 1.39 bits per heavy atom. The molecule has 2 heterocycles. The summed E-state index contributed by atoms with van der Waals surface area (Å²) in [6.45, 7) is 3.70. The largest absolute Gasteiger partial charge is 0.493 e. The van der Waals surface area contributed by atoms with Crippen molar-refractivity contribution >= 4 is 11.6 Å². The van der Waals surface area contributed by atoms with Gasteiger partial charge in [-0.05, 0) is 30.0 Å². The second-order valence-electron chi connectivity index (χ2n) is 5.21. The molecule has 3 unspecified atom stereocenters. The molecular weight excluding hydrogens is 250 g/mol. The molecule has 1 fully saturated rings. The Morgan fingerprint density at radius 3 is 2.94 bits per heavy atom. The van der Waals surface area contributed by atoms with E-state index in [0.29, 0.717) is 5.92 Å². The summed E-state index contributed by atoms with van der Waals surface area (Å²) in [5.74, 6) is 1.41. The van der Waals surface area contributed by atoms with Gasteiger partial charge in [-0.3, -0.25) is 0 Å². The van der Waals surface area contributed by atoms with E-state index in [0.717, 1.165) is 42.4 Å². The molecule has 0 saturated carbocycles. The predicted molar refractivity (Wildman–Crippen MR) is 71.1 cm³/mol. The SMILES string of the molecule is CC1CCOC1C(N)c1cc(Cl)cc2c1OCC2. The standard InChI is InChI=1S/C14H18ClNO2/c1-8-2-4-17-13(8)12(16)11-7-10(15)6-9-3-5-18-14(9)11/h6-8,12-13H,2-5,16H2,1H3. The van der Waals surface area contributed by atoms with Crippen molar-refractivity contribution in [3.8, 4) is 5.75 Å². The molecule has 1 aromatic carbocycles. The molecule has 0 aliphatic carbocycles. The van der Waals surface area contributed by atoms with E-state index in [1.807, 2.05) is 12.1 Å². The van der Waals surface area contributed by atoms with Crippen molar-refractivity contribution < 1.29 is 9.47 Å². The van der Waals surface area contributed by atoms with E-state index in [4.69, 9.17) is 26.8 Å². The fourth-order valence-electron chi connectivity index (χ4n) is 2.90. The fourth-order valence-corrected chi connectivity index (χ4v) is 3.15. The lowest BCUT2D eigenvalue weighted by Gasteiger charge is -2.24. The van der Waals surface area contributed by atoms with Gasteiger partial charge in [0.1, 0.15) is 5.75 Å². The number of nitrogens with two attached hydrogens (primary N) is 1. The van der Waals surface area contributed by atoms with Crippen molar-refractivity contribution in [1.82, 2.24) is 0 Å². The highest BCUT2D eigenvalue weighted by Gasteiger charge is 2.33. The topological polar surface area (TPSA) is 44.5 Å². The van der Waals surface area contributed by atoms with E-state index in [1.54, 1.807) is 0 Å². The van der Waals surface area contributed by atoms with Crippen molar-refractivity contribution in [2.45, 2.75) is 31.9 Å². The summed E-state index contributed by atoms with van der Waals surface area (Å²) in [6, 6.07) is 3.73. The van der Waals surface area contributed by atoms with Gasteiger partial charge >= 0.3 is 0 Å². The Morgan fingerprint density at radius 2 is 2.22 bits per heavy atom. The highest BCUT2D eigenvalue weighted by Crippen LogP contribution is 2.39. The molecule has 2 N–H and O–H groups in total. The van der Waals surface area contributed by atoms with E-state index >= 15 is 0 Å². The zero-order chi connectivity index (χ0) is 12.7. The van der Waals surface area contributed by atoms with Crippen LogP contribution < -0.4 is 10.5 Å². The van der Waals surface area contributed by atoms with Crippen molar-refractivity contribution in [2.75, 3.05) is 13.2 Å². The number of hydrogen-bond donors (Lipinski definition) is 1. The third-order valence-electron chi connectivity index (χ3n) is 3.93. The van der Waals surface area contributed by atoms with E-state index < -0.39 is 0 Å². The molecule has 3 atom stereocenters. The van der Waals surface area contributed by atoms with Crippen molar-refractivity contribution in [2.24, 2.45) is 11.7 Å². The van der Waals surface area contributed by atoms with E-state index in [2.05, 4.69) is 6.92 Å². The maximum Gasteiger partial charge on any atom is 0.127 e. The normalized spacial score (nSPS) is 27.9. The third kappa shape index (κ3) is 2.00. The van der Waals surface area contributed by atoms with Crippen molar-refractivity contribution in [3.05, 3.63) is 28.3 Å². The Labute approximate surface area is 112 Å². The quantitative estimate of drug-likeness (QED) is 0.896. The Balaban J connectivity index is 1.96. The summed E-state index contributed by atoms with van der Waals surface area (Å²) in [7, 11) is 0. The highest BCUT2D eigenvalue weighted by molar-refractivity contribution is 6.30. The Kier molecular flexibility index (Phi) is 3.22. The molecule has 0 radical (unpaired) electrons. The van der Waals surface area contributed by atoms with Gasteiger partial charge in [-0.25, -0.2) is 0 Å². The number of hydrogen-bond acceptors (Lipinski definition) is 3. The average Bonchev–Trinajstić information content (AvgIpc) is 2.95. The summed E-state index contributed by atoms with van der Waals surface area (Å²) in [5.41, 5.74) is 8.53. The van der Waals surface area contributed by atoms with Gasteiger partial charge in [-0.2, -0.15) is 0 Å². The number of fused-ring (bicyclic) bond motifs is 1. The fraction of sp³-hybridized carbons (Fsp3) is 0.571. The molecular formula is C14H18ClNO2. The summed E-state index contributed by atoms with van der Waals surface area (Å²) in [6.07, 6.45) is 2.05. The summed E-state index contributed by atoms with van der Waals surface area (Å²) in [4.78, 5) is 0. The third-order valence-corrected chi connectivity index (χ3v) is 4.15. The van der Waals surface area contributed by atoms with Crippen LogP contribution in [0, 0.1) is 5.92 Å². The second kappa shape index (κ2) is 4.72. The maximum absolute atomic E-state index is 6.37. The van der Waals surface area contributed by atoms with Gasteiger partial charge in [0.2, 0.25) is 0 Å². The van der Waals surface area contributed by atoms with E-state index in [1.165, 1.54) is 5.56 Å². The molecule has 1 saturated heterocycles. The first-order chi connectivity index (χ1) is 8.66. The van der Waals surface area contributed by atoms with Gasteiger partial charge in [0.15, 0.2) is 0 Å². The van der Waals surface area contributed by atoms with Crippen LogP contribution >= 0.6 is 11.6 Å². The number of benzene rings is 1. The number of ether oxygens (including phenoxy) is 2. The second-order valence-corrected chi connectivity index (χ2v) is 5.65. The van der Waals surface area contributed by atoms with Gasteiger partial charge in [-0.1, -0.05) is 18.5 Å². The van der Waals surface area contributed by atoms with Gasteiger partial charge in [0.05, 0.1) is 18.8 Å². The zero-order valence-electron chi connectivity index (χ0n) is 10.5. The molecule has 0 aromatic heterocycles. The van der Waals surface area contributed by atoms with Crippen molar-refractivity contribution in [1.29, 1.82) is 0 Å². The van der Waals surface area contributed by atoms with Crippen LogP contribution in [0.2, 0.25) is 5.02 Å². The monoisotopic (exact) mass is 267 g/mol. The van der Waals surface area contributed by atoms with Crippen LogP contribution in [-0.4, -0.2) is 19.3 Å². The van der Waals surface area contributed by atoms with Crippen LogP contribution in [0.3, 0.4) is 0 Å². The maximum atomic E-state index is 6.37. The molecule has 3 rings (SSSR count). The van der Waals surface area contributed by atoms with Crippen LogP contribution in [-0.2, 0) is 11.2 Å². The molecule has 0 spiro atoms. The first-order valence-electron chi connectivity index (χ1n) is 6.49. The van der Waals surface area contributed by atoms with Crippen molar-refractivity contribution in [3.63, 3.8) is 0 Å². The predicted octanol–water partition coefficient (Wildman–Crippen LogP) is 2.70. The lowest BCUT2D eigenvalue weighted by molar-refractivity contribution is 0.0717. The van der Waals surface area contributed by atoms with Gasteiger partial charge in [-0.15, -0.1) is 0 Å². The van der Waals surface area contributed by atoms with Crippen LogP contribution in [0.25, 0.3) is 0 Å². The Hall–Kier alpha value is -0.770. The lowest BCUT2D eigenvalue weighted by Crippen LogP contribution is -2.30. The van der Waals surface area contributed by atoms with E-state index in [9.17, 15) is 0 Å². The molecule has 0 amide bonds.